The van der Waals surface area contributed by atoms with E-state index in [1.165, 1.54) is 20.0 Å². The van der Waals surface area contributed by atoms with Gasteiger partial charge in [-0.3, -0.25) is 0 Å². The van der Waals surface area contributed by atoms with Crippen molar-refractivity contribution in [2.24, 2.45) is 5.41 Å². The Morgan fingerprint density at radius 1 is 1.64 bits per heavy atom. The van der Waals surface area contributed by atoms with Gasteiger partial charge in [0.2, 0.25) is 0 Å². The molecule has 0 aromatic carbocycles. The second-order valence-corrected chi connectivity index (χ2v) is 3.62. The van der Waals surface area contributed by atoms with Crippen LogP contribution in [0.2, 0.25) is 0 Å². The molecule has 2 nitrogen and oxygen atoms in total. The van der Waals surface area contributed by atoms with Gasteiger partial charge in [-0.15, -0.1) is 0 Å². The molecule has 2 aliphatic carbocycles. The normalized spacial score (nSPS) is 28.2. The number of carbonyl (C=O) groups excluding carboxylic acids is 1. The van der Waals surface area contributed by atoms with Crippen molar-refractivity contribution in [3.05, 3.63) is 10.6 Å². The van der Waals surface area contributed by atoms with Crippen molar-refractivity contribution in [3.8, 4) is 0 Å². The lowest BCUT2D eigenvalue weighted by atomic mass is 10.3. The van der Waals surface area contributed by atoms with Crippen molar-refractivity contribution in [2.45, 2.75) is 19.3 Å². The predicted molar refractivity (Wildman–Crippen MR) is 41.2 cm³/mol. The van der Waals surface area contributed by atoms with Crippen LogP contribution in [0.5, 0.6) is 0 Å². The molecule has 0 bridgehead atoms. The van der Waals surface area contributed by atoms with Gasteiger partial charge in [0.1, 0.15) is 5.03 Å². The molecule has 0 atom stereocenters. The minimum atomic E-state index is -0.384. The predicted octanol–water partition coefficient (Wildman–Crippen LogP) is 1.84. The number of carbonyl (C=O) groups is 1. The molecule has 0 aromatic rings. The van der Waals surface area contributed by atoms with Crippen LogP contribution in [0.25, 0.3) is 0 Å². The molecule has 2 aliphatic rings. The van der Waals surface area contributed by atoms with E-state index in [9.17, 15) is 4.79 Å². The van der Waals surface area contributed by atoms with Crippen LogP contribution in [-0.2, 0) is 9.53 Å². The molecule has 2 saturated carbocycles. The number of esters is 1. The van der Waals surface area contributed by atoms with Crippen molar-refractivity contribution < 1.29 is 9.53 Å². The zero-order valence-corrected chi connectivity index (χ0v) is 7.07. The van der Waals surface area contributed by atoms with Gasteiger partial charge in [0.25, 0.3) is 0 Å². The summed E-state index contributed by atoms with van der Waals surface area (Å²) in [6, 6.07) is 0. The van der Waals surface area contributed by atoms with Crippen LogP contribution in [-0.4, -0.2) is 13.1 Å². The Kier molecular flexibility index (Phi) is 1.31. The van der Waals surface area contributed by atoms with Crippen molar-refractivity contribution in [3.63, 3.8) is 0 Å². The van der Waals surface area contributed by atoms with Gasteiger partial charge < -0.3 is 4.74 Å². The van der Waals surface area contributed by atoms with E-state index in [0.29, 0.717) is 10.4 Å². The number of halogens is 1. The molecule has 0 aliphatic heterocycles. The maximum Gasteiger partial charge on any atom is 0.349 e. The summed E-state index contributed by atoms with van der Waals surface area (Å²) in [5, 5.41) is 0.324. The van der Waals surface area contributed by atoms with Crippen LogP contribution in [0.4, 0.5) is 0 Å². The minimum absolute atomic E-state index is 0.324. The molecule has 1 spiro atoms. The maximum absolute atomic E-state index is 10.9. The molecule has 0 unspecified atom stereocenters. The summed E-state index contributed by atoms with van der Waals surface area (Å²) in [5.41, 5.74) is 1.48. The van der Waals surface area contributed by atoms with E-state index in [2.05, 4.69) is 4.74 Å². The van der Waals surface area contributed by atoms with Gasteiger partial charge in [0, 0.05) is 0 Å². The Labute approximate surface area is 70.2 Å². The standard InChI is InChI=1S/C8H9ClO2/c1-11-7(10)6(9)5-4-8(5)2-3-8/h2-4H2,1H3/b6-5-. The summed E-state index contributed by atoms with van der Waals surface area (Å²) in [4.78, 5) is 10.9. The quantitative estimate of drug-likeness (QED) is 0.446. The van der Waals surface area contributed by atoms with Crippen LogP contribution in [0.1, 0.15) is 19.3 Å². The highest BCUT2D eigenvalue weighted by molar-refractivity contribution is 6.42. The van der Waals surface area contributed by atoms with Crippen molar-refractivity contribution in [1.82, 2.24) is 0 Å². The maximum atomic E-state index is 10.9. The first-order valence-electron chi connectivity index (χ1n) is 3.67. The lowest BCUT2D eigenvalue weighted by Crippen LogP contribution is -1.99. The molecule has 2 fully saturated rings. The summed E-state index contributed by atoms with van der Waals surface area (Å²) >= 11 is 5.76. The topological polar surface area (TPSA) is 26.3 Å². The Hall–Kier alpha value is -0.500. The van der Waals surface area contributed by atoms with Gasteiger partial charge in [-0.1, -0.05) is 11.6 Å². The van der Waals surface area contributed by atoms with Crippen LogP contribution < -0.4 is 0 Å². The number of hydrogen-bond donors (Lipinski definition) is 0. The number of rotatable bonds is 1. The highest BCUT2D eigenvalue weighted by Gasteiger charge is 2.60. The molecule has 0 radical (unpaired) electrons. The number of allylic oxidation sites excluding steroid dienone is 1. The van der Waals surface area contributed by atoms with Gasteiger partial charge in [0.15, 0.2) is 0 Å². The third-order valence-electron chi connectivity index (χ3n) is 2.51. The lowest BCUT2D eigenvalue weighted by molar-refractivity contribution is -0.135. The van der Waals surface area contributed by atoms with E-state index in [1.807, 2.05) is 0 Å². The van der Waals surface area contributed by atoms with Gasteiger partial charge in [-0.25, -0.2) is 4.79 Å². The molecule has 11 heavy (non-hydrogen) atoms. The molecule has 0 heterocycles. The average Bonchev–Trinajstić information content (AvgIpc) is 2.91. The second kappa shape index (κ2) is 2.01. The highest BCUT2D eigenvalue weighted by atomic mass is 35.5. The van der Waals surface area contributed by atoms with E-state index in [4.69, 9.17) is 11.6 Å². The van der Waals surface area contributed by atoms with E-state index >= 15 is 0 Å². The smallest absolute Gasteiger partial charge is 0.349 e. The molecule has 0 aromatic heterocycles. The number of ether oxygens (including phenoxy) is 1. The van der Waals surface area contributed by atoms with Gasteiger partial charge in [-0.2, -0.15) is 0 Å². The van der Waals surface area contributed by atoms with Gasteiger partial charge >= 0.3 is 5.97 Å². The van der Waals surface area contributed by atoms with Crippen molar-refractivity contribution in [2.75, 3.05) is 7.11 Å². The van der Waals surface area contributed by atoms with E-state index in [1.54, 1.807) is 0 Å². The van der Waals surface area contributed by atoms with Crippen LogP contribution in [0.3, 0.4) is 0 Å². The second-order valence-electron chi connectivity index (χ2n) is 3.24. The molecule has 0 amide bonds. The molecule has 2 rings (SSSR count). The third kappa shape index (κ3) is 0.968. The average molecular weight is 173 g/mol. The summed E-state index contributed by atoms with van der Waals surface area (Å²) < 4.78 is 4.51. The fraction of sp³-hybridized carbons (Fsp3) is 0.625. The highest BCUT2D eigenvalue weighted by Crippen LogP contribution is 2.71. The SMILES string of the molecule is COC(=O)/C(Cl)=C1\CC12CC2. The summed E-state index contributed by atoms with van der Waals surface area (Å²) in [6.45, 7) is 0. The van der Waals surface area contributed by atoms with Crippen LogP contribution in [0, 0.1) is 5.41 Å². The first-order valence-corrected chi connectivity index (χ1v) is 4.05. The number of methoxy groups -OCH3 is 1. The lowest BCUT2D eigenvalue weighted by Gasteiger charge is -1.93. The van der Waals surface area contributed by atoms with Crippen molar-refractivity contribution in [1.29, 1.82) is 0 Å². The van der Waals surface area contributed by atoms with E-state index in [-0.39, 0.29) is 5.97 Å². The zero-order valence-electron chi connectivity index (χ0n) is 6.32. The molecule has 0 N–H and O–H groups in total. The fourth-order valence-electron chi connectivity index (χ4n) is 1.45. The fourth-order valence-corrected chi connectivity index (χ4v) is 1.79. The first-order chi connectivity index (χ1) is 5.19. The van der Waals surface area contributed by atoms with Crippen LogP contribution >= 0.6 is 11.6 Å². The largest absolute Gasteiger partial charge is 0.465 e. The molecular formula is C8H9ClO2. The van der Waals surface area contributed by atoms with Crippen molar-refractivity contribution >= 4 is 17.6 Å². The Bertz CT molecular complexity index is 251. The third-order valence-corrected chi connectivity index (χ3v) is 2.90. The Morgan fingerprint density at radius 2 is 2.27 bits per heavy atom. The molecule has 0 saturated heterocycles. The molecule has 60 valence electrons. The van der Waals surface area contributed by atoms with Gasteiger partial charge in [-0.05, 0) is 30.3 Å². The summed E-state index contributed by atoms with van der Waals surface area (Å²) in [7, 11) is 1.35. The first kappa shape index (κ1) is 7.17. The van der Waals surface area contributed by atoms with Gasteiger partial charge in [0.05, 0.1) is 7.11 Å². The Balaban J connectivity index is 2.15. The van der Waals surface area contributed by atoms with E-state index < -0.39 is 0 Å². The molecular weight excluding hydrogens is 164 g/mol. The Morgan fingerprint density at radius 3 is 2.64 bits per heavy atom. The summed E-state index contributed by atoms with van der Waals surface area (Å²) in [5.74, 6) is -0.384. The zero-order chi connectivity index (χ0) is 8.06. The summed E-state index contributed by atoms with van der Waals surface area (Å²) in [6.07, 6.45) is 3.42. The van der Waals surface area contributed by atoms with Crippen LogP contribution in [0.15, 0.2) is 10.6 Å². The minimum Gasteiger partial charge on any atom is -0.465 e. The number of hydrogen-bond acceptors (Lipinski definition) is 2. The monoisotopic (exact) mass is 172 g/mol. The molecule has 3 heteroatoms. The van der Waals surface area contributed by atoms with E-state index in [0.717, 1.165) is 12.0 Å².